The van der Waals surface area contributed by atoms with E-state index in [2.05, 4.69) is 26.0 Å². The van der Waals surface area contributed by atoms with E-state index in [1.165, 1.54) is 0 Å². The van der Waals surface area contributed by atoms with Crippen molar-refractivity contribution in [3.63, 3.8) is 0 Å². The fraction of sp³-hybridized carbons (Fsp3) is 0.143. The maximum absolute atomic E-state index is 3.75. The van der Waals surface area contributed by atoms with Gasteiger partial charge in [-0.15, -0.1) is 13.0 Å². The smallest absolute Gasteiger partial charge is 0.0214 e. The van der Waals surface area contributed by atoms with Gasteiger partial charge in [-0.05, 0) is 19.4 Å². The van der Waals surface area contributed by atoms with Gasteiger partial charge >= 0.3 is 0 Å². The Balaban J connectivity index is 2.65. The van der Waals surface area contributed by atoms with Gasteiger partial charge in [0.2, 0.25) is 0 Å². The molecule has 0 bridgehead atoms. The summed E-state index contributed by atoms with van der Waals surface area (Å²) in [5.74, 6) is 0. The van der Waals surface area contributed by atoms with Gasteiger partial charge < -0.3 is 0 Å². The van der Waals surface area contributed by atoms with Crippen LogP contribution in [-0.4, -0.2) is 0 Å². The van der Waals surface area contributed by atoms with Crippen LogP contribution in [0.4, 0.5) is 0 Å². The van der Waals surface area contributed by atoms with Gasteiger partial charge in [-0.25, -0.2) is 0 Å². The Labute approximate surface area is 44.5 Å². The van der Waals surface area contributed by atoms with Gasteiger partial charge in [0.15, 0.2) is 0 Å². The second-order valence-corrected chi connectivity index (χ2v) is 1.69. The van der Waals surface area contributed by atoms with Gasteiger partial charge in [0.1, 0.15) is 0 Å². The van der Waals surface area contributed by atoms with Gasteiger partial charge in [-0.3, -0.25) is 0 Å². The van der Waals surface area contributed by atoms with Crippen LogP contribution in [0, 0.1) is 12.8 Å². The van der Waals surface area contributed by atoms with Crippen LogP contribution < -0.4 is 0 Å². The average molecular weight is 92.1 g/mol. The lowest BCUT2D eigenvalue weighted by Crippen LogP contribution is -1.68. The van der Waals surface area contributed by atoms with Gasteiger partial charge in [-0.2, -0.15) is 0 Å². The Morgan fingerprint density at radius 1 is 1.57 bits per heavy atom. The molecule has 0 saturated heterocycles. The molecule has 1 saturated carbocycles. The maximum atomic E-state index is 3.75. The third-order valence-electron chi connectivity index (χ3n) is 1.14. The highest BCUT2D eigenvalue weighted by molar-refractivity contribution is 5.44. The molecule has 0 spiro atoms. The lowest BCUT2D eigenvalue weighted by atomic mass is 10.2. The van der Waals surface area contributed by atoms with Crippen molar-refractivity contribution in [2.24, 2.45) is 0 Å². The Bertz CT molecular complexity index is 95.2. The zero-order valence-electron chi connectivity index (χ0n) is 4.28. The van der Waals surface area contributed by atoms with Gasteiger partial charge in [0.25, 0.3) is 0 Å². The molecule has 0 heteroatoms. The molecule has 0 radical (unpaired) electrons. The summed E-state index contributed by atoms with van der Waals surface area (Å²) in [5, 5.41) is 0. The molecule has 0 aromatic heterocycles. The molecule has 0 nitrogen and oxygen atoms in total. The molecule has 36 valence electrons. The van der Waals surface area contributed by atoms with Crippen molar-refractivity contribution in [2.75, 3.05) is 0 Å². The fourth-order valence-corrected chi connectivity index (χ4v) is 0.606. The molecular formula is C7H8. The standard InChI is InChI=1S/C7H8/c1-6-4-3-5-7(6)2/h4-5H,1-3H2. The first-order valence-corrected chi connectivity index (χ1v) is 2.35. The largest absolute Gasteiger partial charge is 0.141 e. The lowest BCUT2D eigenvalue weighted by molar-refractivity contribution is 1.28. The van der Waals surface area contributed by atoms with Crippen molar-refractivity contribution in [3.05, 3.63) is 37.1 Å². The number of hydrogen-bond acceptors (Lipinski definition) is 0. The van der Waals surface area contributed by atoms with E-state index < -0.39 is 0 Å². The third-order valence-corrected chi connectivity index (χ3v) is 1.14. The molecule has 0 atom stereocenters. The molecule has 0 aromatic carbocycles. The minimum absolute atomic E-state index is 1.03. The molecule has 1 rings (SSSR count). The van der Waals surface area contributed by atoms with E-state index in [4.69, 9.17) is 0 Å². The summed E-state index contributed by atoms with van der Waals surface area (Å²) < 4.78 is 0. The predicted molar refractivity (Wildman–Crippen MR) is 31.5 cm³/mol. The molecule has 0 N–H and O–H groups in total. The Morgan fingerprint density at radius 2 is 2.29 bits per heavy atom. The highest BCUT2D eigenvalue weighted by Gasteiger charge is 2.06. The summed E-state index contributed by atoms with van der Waals surface area (Å²) in [5.41, 5.74) is 2.17. The van der Waals surface area contributed by atoms with Crippen LogP contribution in [0.2, 0.25) is 0 Å². The molecule has 0 aromatic rings. The minimum Gasteiger partial charge on any atom is -0.141 e. The van der Waals surface area contributed by atoms with Crippen molar-refractivity contribution < 1.29 is 0 Å². The van der Waals surface area contributed by atoms with Crippen LogP contribution in [-0.2, 0) is 0 Å². The molecule has 1 aliphatic rings. The SMILES string of the molecule is C=C1[CH+]C[CH-]C1=C. The van der Waals surface area contributed by atoms with Crippen LogP contribution in [0.5, 0.6) is 0 Å². The molecule has 0 amide bonds. The molecule has 0 heterocycles. The molecule has 0 aliphatic heterocycles. The predicted octanol–water partition coefficient (Wildman–Crippen LogP) is 1.91. The summed E-state index contributed by atoms with van der Waals surface area (Å²) in [6.45, 7) is 7.50. The number of allylic oxidation sites excluding steroid dienone is 2. The Kier molecular flexibility index (Phi) is 0.861. The van der Waals surface area contributed by atoms with Crippen LogP contribution in [0.25, 0.3) is 0 Å². The molecule has 1 fully saturated rings. The van der Waals surface area contributed by atoms with Crippen molar-refractivity contribution >= 4 is 0 Å². The summed E-state index contributed by atoms with van der Waals surface area (Å²) in [6.07, 6.45) is 5.17. The monoisotopic (exact) mass is 92.1 g/mol. The van der Waals surface area contributed by atoms with E-state index in [1.807, 2.05) is 0 Å². The lowest BCUT2D eigenvalue weighted by Gasteiger charge is -1.88. The quantitative estimate of drug-likeness (QED) is 0.400. The summed E-state index contributed by atoms with van der Waals surface area (Å²) in [4.78, 5) is 0. The van der Waals surface area contributed by atoms with Crippen molar-refractivity contribution in [1.82, 2.24) is 0 Å². The van der Waals surface area contributed by atoms with Crippen molar-refractivity contribution in [3.8, 4) is 0 Å². The first kappa shape index (κ1) is 4.38. The van der Waals surface area contributed by atoms with Crippen LogP contribution >= 0.6 is 0 Å². The summed E-state index contributed by atoms with van der Waals surface area (Å²) in [6, 6.07) is 0. The van der Waals surface area contributed by atoms with E-state index in [9.17, 15) is 0 Å². The number of rotatable bonds is 0. The van der Waals surface area contributed by atoms with Crippen LogP contribution in [0.3, 0.4) is 0 Å². The van der Waals surface area contributed by atoms with Crippen molar-refractivity contribution in [1.29, 1.82) is 0 Å². The average Bonchev–Trinajstić information content (AvgIpc) is 1.91. The maximum Gasteiger partial charge on any atom is 0.0214 e. The second kappa shape index (κ2) is 1.38. The Hall–Kier alpha value is -0.780. The van der Waals surface area contributed by atoms with Gasteiger partial charge in [0, 0.05) is 5.57 Å². The zero-order valence-corrected chi connectivity index (χ0v) is 4.28. The van der Waals surface area contributed by atoms with E-state index in [0.717, 1.165) is 17.6 Å². The molecular weight excluding hydrogens is 84.1 g/mol. The highest BCUT2D eigenvalue weighted by atomic mass is 14.1. The van der Waals surface area contributed by atoms with Crippen LogP contribution in [0.1, 0.15) is 6.42 Å². The normalized spacial score (nSPS) is 18.9. The Morgan fingerprint density at radius 3 is 2.43 bits per heavy atom. The van der Waals surface area contributed by atoms with Crippen molar-refractivity contribution in [2.45, 2.75) is 6.42 Å². The highest BCUT2D eigenvalue weighted by Crippen LogP contribution is 2.24. The number of hydrogen-bond donors (Lipinski definition) is 0. The third kappa shape index (κ3) is 0.637. The first-order valence-electron chi connectivity index (χ1n) is 2.35. The van der Waals surface area contributed by atoms with E-state index in [1.54, 1.807) is 0 Å². The zero-order chi connectivity index (χ0) is 5.28. The second-order valence-electron chi connectivity index (χ2n) is 1.69. The molecule has 1 aliphatic carbocycles. The molecule has 7 heavy (non-hydrogen) atoms. The molecule has 0 unspecified atom stereocenters. The first-order chi connectivity index (χ1) is 3.30. The summed E-state index contributed by atoms with van der Waals surface area (Å²) >= 11 is 0. The van der Waals surface area contributed by atoms with Crippen LogP contribution in [0.15, 0.2) is 24.3 Å². The van der Waals surface area contributed by atoms with E-state index >= 15 is 0 Å². The topological polar surface area (TPSA) is 0 Å². The van der Waals surface area contributed by atoms with Gasteiger partial charge in [-0.1, -0.05) is 5.57 Å². The van der Waals surface area contributed by atoms with E-state index in [0.29, 0.717) is 0 Å². The minimum atomic E-state index is 1.03. The fourth-order valence-electron chi connectivity index (χ4n) is 0.606. The van der Waals surface area contributed by atoms with E-state index in [-0.39, 0.29) is 0 Å². The van der Waals surface area contributed by atoms with Gasteiger partial charge in [0.05, 0.1) is 0 Å². The summed E-state index contributed by atoms with van der Waals surface area (Å²) in [7, 11) is 0.